The third-order valence-electron chi connectivity index (χ3n) is 5.56. The normalized spacial score (nSPS) is 13.9. The van der Waals surface area contributed by atoms with E-state index in [0.29, 0.717) is 36.3 Å². The average Bonchev–Trinajstić information content (AvgIpc) is 3.21. The number of nitrogens with zero attached hydrogens (tertiary/aromatic N) is 2. The number of aromatic carboxylic acids is 1. The van der Waals surface area contributed by atoms with E-state index in [4.69, 9.17) is 4.74 Å². The highest BCUT2D eigenvalue weighted by Crippen LogP contribution is 2.28. The van der Waals surface area contributed by atoms with E-state index < -0.39 is 5.97 Å². The van der Waals surface area contributed by atoms with Crippen LogP contribution in [0.4, 0.5) is 0 Å². The first-order valence-corrected chi connectivity index (χ1v) is 10.3. The van der Waals surface area contributed by atoms with Crippen LogP contribution in [0.5, 0.6) is 5.75 Å². The highest BCUT2D eigenvalue weighted by atomic mass is 16.5. The van der Waals surface area contributed by atoms with E-state index in [1.54, 1.807) is 4.57 Å². The van der Waals surface area contributed by atoms with Crippen LogP contribution in [-0.2, 0) is 13.2 Å². The molecule has 0 saturated carbocycles. The van der Waals surface area contributed by atoms with Gasteiger partial charge in [0.25, 0.3) is 5.56 Å². The molecule has 0 radical (unpaired) electrons. The van der Waals surface area contributed by atoms with Crippen molar-refractivity contribution < 1.29 is 14.6 Å². The van der Waals surface area contributed by atoms with E-state index >= 15 is 0 Å². The van der Waals surface area contributed by atoms with Gasteiger partial charge in [-0.25, -0.2) is 9.78 Å². The van der Waals surface area contributed by atoms with Crippen molar-refractivity contribution in [2.75, 3.05) is 0 Å². The molecule has 0 fully saturated rings. The Bertz CT molecular complexity index is 1400. The smallest absolute Gasteiger partial charge is 0.335 e. The van der Waals surface area contributed by atoms with Crippen LogP contribution in [0.2, 0.25) is 0 Å². The number of hydrogen-bond acceptors (Lipinski definition) is 4. The highest BCUT2D eigenvalue weighted by Gasteiger charge is 2.21. The molecule has 0 bridgehead atoms. The number of hydrogen-bond donors (Lipinski definition) is 1. The van der Waals surface area contributed by atoms with Crippen LogP contribution in [-0.4, -0.2) is 20.6 Å². The van der Waals surface area contributed by atoms with Crippen molar-refractivity contribution >= 4 is 28.5 Å². The van der Waals surface area contributed by atoms with E-state index in [2.05, 4.69) is 4.98 Å². The van der Waals surface area contributed by atoms with Gasteiger partial charge in [0.1, 0.15) is 18.2 Å². The number of carboxylic acid groups (broad SMARTS) is 1. The van der Waals surface area contributed by atoms with E-state index in [1.807, 2.05) is 60.7 Å². The Morgan fingerprint density at radius 3 is 2.59 bits per heavy atom. The highest BCUT2D eigenvalue weighted by molar-refractivity contribution is 5.93. The molecule has 1 aromatic heterocycles. The maximum absolute atomic E-state index is 12.9. The Hall–Kier alpha value is -4.19. The van der Waals surface area contributed by atoms with Crippen LogP contribution in [0.25, 0.3) is 22.6 Å². The summed E-state index contributed by atoms with van der Waals surface area (Å²) >= 11 is 0. The predicted molar refractivity (Wildman–Crippen MR) is 123 cm³/mol. The van der Waals surface area contributed by atoms with Crippen molar-refractivity contribution in [3.05, 3.63) is 106 Å². The fourth-order valence-corrected chi connectivity index (χ4v) is 3.89. The van der Waals surface area contributed by atoms with Crippen LogP contribution in [0.3, 0.4) is 0 Å². The molecule has 6 heteroatoms. The van der Waals surface area contributed by atoms with Crippen LogP contribution < -0.4 is 10.3 Å². The summed E-state index contributed by atoms with van der Waals surface area (Å²) in [4.78, 5) is 28.8. The summed E-state index contributed by atoms with van der Waals surface area (Å²) in [5.41, 5.74) is 3.41. The van der Waals surface area contributed by atoms with Gasteiger partial charge in [-0.15, -0.1) is 0 Å². The Morgan fingerprint density at radius 2 is 1.84 bits per heavy atom. The topological polar surface area (TPSA) is 81.4 Å². The third-order valence-corrected chi connectivity index (χ3v) is 5.56. The van der Waals surface area contributed by atoms with E-state index in [0.717, 1.165) is 22.4 Å². The van der Waals surface area contributed by atoms with E-state index in [1.165, 1.54) is 18.2 Å². The van der Waals surface area contributed by atoms with Crippen molar-refractivity contribution in [1.82, 2.24) is 9.55 Å². The molecule has 0 atom stereocenters. The largest absolute Gasteiger partial charge is 0.489 e. The summed E-state index contributed by atoms with van der Waals surface area (Å²) in [6.45, 7) is 1.06. The summed E-state index contributed by atoms with van der Waals surface area (Å²) in [7, 11) is 0. The Balaban J connectivity index is 1.42. The van der Waals surface area contributed by atoms with Crippen LogP contribution in [0, 0.1) is 0 Å². The molecular weight excluding hydrogens is 404 g/mol. The van der Waals surface area contributed by atoms with Gasteiger partial charge >= 0.3 is 5.97 Å². The molecule has 0 amide bonds. The van der Waals surface area contributed by atoms with E-state index in [-0.39, 0.29) is 11.1 Å². The first-order valence-electron chi connectivity index (χ1n) is 10.3. The molecule has 158 valence electrons. The molecular formula is C26H20N2O4. The van der Waals surface area contributed by atoms with Gasteiger partial charge < -0.3 is 9.84 Å². The maximum Gasteiger partial charge on any atom is 0.335 e. The van der Waals surface area contributed by atoms with Crippen molar-refractivity contribution in [3.63, 3.8) is 0 Å². The molecule has 1 aliphatic heterocycles. The monoisotopic (exact) mass is 424 g/mol. The minimum Gasteiger partial charge on any atom is -0.489 e. The lowest BCUT2D eigenvalue weighted by Gasteiger charge is -2.07. The van der Waals surface area contributed by atoms with Gasteiger partial charge in [-0.05, 0) is 59.5 Å². The van der Waals surface area contributed by atoms with Gasteiger partial charge in [0.05, 0.1) is 16.5 Å². The SMILES string of the molecule is O=C(O)c1ccc2c(=O)n3c(nc2c1)C(=Cc1ccc(OCc2ccccc2)cc1)CC3. The molecule has 6 nitrogen and oxygen atoms in total. The Labute approximate surface area is 184 Å². The molecule has 32 heavy (non-hydrogen) atoms. The Morgan fingerprint density at radius 1 is 1.06 bits per heavy atom. The van der Waals surface area contributed by atoms with Gasteiger partial charge in [0, 0.05) is 6.54 Å². The summed E-state index contributed by atoms with van der Waals surface area (Å²) in [5, 5.41) is 9.68. The fourth-order valence-electron chi connectivity index (χ4n) is 3.89. The lowest BCUT2D eigenvalue weighted by Crippen LogP contribution is -2.20. The molecule has 0 spiro atoms. The van der Waals surface area contributed by atoms with Gasteiger partial charge in [0.2, 0.25) is 0 Å². The first-order chi connectivity index (χ1) is 15.6. The summed E-state index contributed by atoms with van der Waals surface area (Å²) in [6.07, 6.45) is 2.70. The molecule has 0 aliphatic carbocycles. The molecule has 0 saturated heterocycles. The minimum atomic E-state index is -1.04. The zero-order valence-corrected chi connectivity index (χ0v) is 17.2. The van der Waals surface area contributed by atoms with Crippen molar-refractivity contribution in [1.29, 1.82) is 0 Å². The Kier molecular flexibility index (Phi) is 5.03. The second kappa shape index (κ2) is 8.15. The fraction of sp³-hybridized carbons (Fsp3) is 0.115. The number of benzene rings is 3. The first kappa shape index (κ1) is 19.8. The number of carboxylic acids is 1. The zero-order chi connectivity index (χ0) is 22.1. The number of ether oxygens (including phenoxy) is 1. The summed E-state index contributed by atoms with van der Waals surface area (Å²) < 4.78 is 7.50. The number of rotatable bonds is 5. The second-order valence-electron chi connectivity index (χ2n) is 7.69. The molecule has 4 aromatic rings. The minimum absolute atomic E-state index is 0.115. The van der Waals surface area contributed by atoms with Gasteiger partial charge in [-0.1, -0.05) is 42.5 Å². The average molecular weight is 424 g/mol. The van der Waals surface area contributed by atoms with Crippen LogP contribution in [0.1, 0.15) is 33.7 Å². The van der Waals surface area contributed by atoms with Gasteiger partial charge in [-0.3, -0.25) is 9.36 Å². The number of fused-ring (bicyclic) bond motifs is 2. The molecule has 0 unspecified atom stereocenters. The van der Waals surface area contributed by atoms with Crippen molar-refractivity contribution in [2.24, 2.45) is 0 Å². The molecule has 3 aromatic carbocycles. The lowest BCUT2D eigenvalue weighted by atomic mass is 10.1. The van der Waals surface area contributed by atoms with Crippen LogP contribution >= 0.6 is 0 Å². The third kappa shape index (κ3) is 3.78. The van der Waals surface area contributed by atoms with Gasteiger partial charge in [-0.2, -0.15) is 0 Å². The quantitative estimate of drug-likeness (QED) is 0.506. The molecule has 2 heterocycles. The zero-order valence-electron chi connectivity index (χ0n) is 17.2. The van der Waals surface area contributed by atoms with E-state index in [9.17, 15) is 14.7 Å². The summed E-state index contributed by atoms with van der Waals surface area (Å²) in [6, 6.07) is 22.2. The van der Waals surface area contributed by atoms with Crippen molar-refractivity contribution in [3.8, 4) is 5.75 Å². The number of aromatic nitrogens is 2. The standard InChI is InChI=1S/C26H20N2O4/c29-25-22-11-8-20(26(30)31)15-23(22)27-24-19(12-13-28(24)25)14-17-6-9-21(10-7-17)32-16-18-4-2-1-3-5-18/h1-11,14-15H,12-13,16H2,(H,30,31). The summed E-state index contributed by atoms with van der Waals surface area (Å²) in [5.74, 6) is 0.332. The van der Waals surface area contributed by atoms with Gasteiger partial charge in [0.15, 0.2) is 0 Å². The second-order valence-corrected chi connectivity index (χ2v) is 7.69. The van der Waals surface area contributed by atoms with Crippen molar-refractivity contribution in [2.45, 2.75) is 19.6 Å². The predicted octanol–water partition coefficient (Wildman–Crippen LogP) is 4.62. The molecule has 1 aliphatic rings. The maximum atomic E-state index is 12.9. The molecule has 5 rings (SSSR count). The number of allylic oxidation sites excluding steroid dienone is 1. The number of carbonyl (C=O) groups is 1. The van der Waals surface area contributed by atoms with Crippen LogP contribution in [0.15, 0.2) is 77.6 Å². The lowest BCUT2D eigenvalue weighted by molar-refractivity contribution is 0.0697. The molecule has 1 N–H and O–H groups in total.